The molecule has 6 nitrogen and oxygen atoms in total. The van der Waals surface area contributed by atoms with Gasteiger partial charge in [-0.2, -0.15) is 0 Å². The second-order valence-corrected chi connectivity index (χ2v) is 7.42. The van der Waals surface area contributed by atoms with Crippen molar-refractivity contribution in [1.82, 2.24) is 9.88 Å². The summed E-state index contributed by atoms with van der Waals surface area (Å²) in [6, 6.07) is 10.1. The molecule has 1 aliphatic rings. The fourth-order valence-corrected chi connectivity index (χ4v) is 3.42. The van der Waals surface area contributed by atoms with Crippen LogP contribution in [0.5, 0.6) is 0 Å². The van der Waals surface area contributed by atoms with E-state index in [1.165, 1.54) is 4.90 Å². The highest BCUT2D eigenvalue weighted by Gasteiger charge is 2.45. The van der Waals surface area contributed by atoms with Crippen molar-refractivity contribution in [2.24, 2.45) is 0 Å². The number of amides is 1. The fourth-order valence-electron chi connectivity index (χ4n) is 3.42. The van der Waals surface area contributed by atoms with Crippen molar-refractivity contribution in [2.75, 3.05) is 13.2 Å². The van der Waals surface area contributed by atoms with E-state index in [0.29, 0.717) is 30.7 Å². The SMILES string of the molecule is Cc1ccc(/C(O)=C2/C(=O)C(=O)N(CCCOC(C)C)C2c2cccnc2)cc1. The summed E-state index contributed by atoms with van der Waals surface area (Å²) in [4.78, 5) is 31.3. The number of aryl methyl sites for hydroxylation is 1. The lowest BCUT2D eigenvalue weighted by Crippen LogP contribution is -2.31. The van der Waals surface area contributed by atoms with Crippen LogP contribution in [0, 0.1) is 6.92 Å². The highest BCUT2D eigenvalue weighted by atomic mass is 16.5. The van der Waals surface area contributed by atoms with Gasteiger partial charge >= 0.3 is 0 Å². The Morgan fingerprint density at radius 2 is 1.93 bits per heavy atom. The molecule has 1 fully saturated rings. The standard InChI is InChI=1S/C23H26N2O4/c1-15(2)29-13-5-12-25-20(18-6-4-11-24-14-18)19(22(27)23(25)28)21(26)17-9-7-16(3)8-10-17/h4,6-11,14-15,20,26H,5,12-13H2,1-3H3/b21-19-. The van der Waals surface area contributed by atoms with Gasteiger partial charge in [-0.3, -0.25) is 14.6 Å². The number of hydrogen-bond donors (Lipinski definition) is 1. The van der Waals surface area contributed by atoms with Crippen molar-refractivity contribution >= 4 is 17.4 Å². The topological polar surface area (TPSA) is 79.7 Å². The van der Waals surface area contributed by atoms with Gasteiger partial charge < -0.3 is 14.7 Å². The normalized spacial score (nSPS) is 18.6. The summed E-state index contributed by atoms with van der Waals surface area (Å²) in [5.74, 6) is -1.46. The zero-order valence-corrected chi connectivity index (χ0v) is 17.0. The minimum Gasteiger partial charge on any atom is -0.507 e. The smallest absolute Gasteiger partial charge is 0.295 e. The molecule has 152 valence electrons. The molecule has 0 saturated carbocycles. The molecule has 1 atom stereocenters. The maximum atomic E-state index is 12.9. The van der Waals surface area contributed by atoms with Gasteiger partial charge in [-0.25, -0.2) is 0 Å². The lowest BCUT2D eigenvalue weighted by molar-refractivity contribution is -0.140. The van der Waals surface area contributed by atoms with Crippen LogP contribution in [-0.4, -0.2) is 45.9 Å². The molecule has 0 bridgehead atoms. The van der Waals surface area contributed by atoms with E-state index < -0.39 is 17.7 Å². The number of carbonyl (C=O) groups excluding carboxylic acids is 2. The summed E-state index contributed by atoms with van der Waals surface area (Å²) in [5, 5.41) is 10.9. The molecule has 1 amide bonds. The number of rotatable bonds is 7. The Morgan fingerprint density at radius 3 is 2.55 bits per heavy atom. The quantitative estimate of drug-likeness (QED) is 0.336. The van der Waals surface area contributed by atoms with Gasteiger partial charge in [0.05, 0.1) is 17.7 Å². The van der Waals surface area contributed by atoms with Gasteiger partial charge in [-0.15, -0.1) is 0 Å². The Labute approximate surface area is 170 Å². The van der Waals surface area contributed by atoms with E-state index in [1.807, 2.05) is 39.0 Å². The number of likely N-dealkylation sites (tertiary alicyclic amines) is 1. The van der Waals surface area contributed by atoms with Crippen LogP contribution in [-0.2, 0) is 14.3 Å². The van der Waals surface area contributed by atoms with Gasteiger partial charge in [0, 0.05) is 31.1 Å². The number of carbonyl (C=O) groups is 2. The Balaban J connectivity index is 1.99. The van der Waals surface area contributed by atoms with Gasteiger partial charge in [-0.05, 0) is 38.8 Å². The van der Waals surface area contributed by atoms with E-state index in [4.69, 9.17) is 4.74 Å². The predicted octanol–water partition coefficient (Wildman–Crippen LogP) is 3.63. The van der Waals surface area contributed by atoms with E-state index in [1.54, 1.807) is 30.6 Å². The first-order valence-corrected chi connectivity index (χ1v) is 9.77. The fraction of sp³-hybridized carbons (Fsp3) is 0.348. The lowest BCUT2D eigenvalue weighted by Gasteiger charge is -2.25. The maximum absolute atomic E-state index is 12.9. The number of ketones is 1. The molecule has 1 N–H and O–H groups in total. The molecular formula is C23H26N2O4. The first-order chi connectivity index (χ1) is 13.9. The zero-order chi connectivity index (χ0) is 21.0. The summed E-state index contributed by atoms with van der Waals surface area (Å²) >= 11 is 0. The third-order valence-corrected chi connectivity index (χ3v) is 4.86. The maximum Gasteiger partial charge on any atom is 0.295 e. The molecule has 2 aromatic rings. The van der Waals surface area contributed by atoms with Gasteiger partial charge in [0.1, 0.15) is 5.76 Å². The molecule has 1 unspecified atom stereocenters. The van der Waals surface area contributed by atoms with Gasteiger partial charge in [0.15, 0.2) is 0 Å². The Bertz CT molecular complexity index is 904. The number of Topliss-reactive ketones (excluding diaryl/α,β-unsaturated/α-hetero) is 1. The third-order valence-electron chi connectivity index (χ3n) is 4.86. The molecule has 6 heteroatoms. The molecule has 0 aliphatic carbocycles. The van der Waals surface area contributed by atoms with E-state index in [-0.39, 0.29) is 17.4 Å². The number of nitrogens with zero attached hydrogens (tertiary/aromatic N) is 2. The average molecular weight is 394 g/mol. The van der Waals surface area contributed by atoms with Gasteiger partial charge in [-0.1, -0.05) is 35.9 Å². The van der Waals surface area contributed by atoms with Crippen molar-refractivity contribution < 1.29 is 19.4 Å². The zero-order valence-electron chi connectivity index (χ0n) is 17.0. The molecular weight excluding hydrogens is 368 g/mol. The first-order valence-electron chi connectivity index (χ1n) is 9.77. The summed E-state index contributed by atoms with van der Waals surface area (Å²) in [6.07, 6.45) is 3.94. The van der Waals surface area contributed by atoms with Crippen LogP contribution in [0.15, 0.2) is 54.4 Å². The van der Waals surface area contributed by atoms with Crippen molar-refractivity contribution in [3.05, 3.63) is 71.1 Å². The van der Waals surface area contributed by atoms with Crippen molar-refractivity contribution in [3.8, 4) is 0 Å². The van der Waals surface area contributed by atoms with Crippen molar-refractivity contribution in [3.63, 3.8) is 0 Å². The molecule has 0 spiro atoms. The monoisotopic (exact) mass is 394 g/mol. The third kappa shape index (κ3) is 4.54. The first kappa shape index (κ1) is 20.7. The average Bonchev–Trinajstić information content (AvgIpc) is 2.96. The molecule has 1 aromatic heterocycles. The number of aromatic nitrogens is 1. The van der Waals surface area contributed by atoms with Crippen LogP contribution >= 0.6 is 0 Å². The molecule has 29 heavy (non-hydrogen) atoms. The van der Waals surface area contributed by atoms with Gasteiger partial charge in [0.2, 0.25) is 0 Å². The second-order valence-electron chi connectivity index (χ2n) is 7.42. The number of aliphatic hydroxyl groups excluding tert-OH is 1. The summed E-state index contributed by atoms with van der Waals surface area (Å²) in [5.41, 5.74) is 2.32. The van der Waals surface area contributed by atoms with E-state index in [9.17, 15) is 14.7 Å². The Kier molecular flexibility index (Phi) is 6.44. The van der Waals surface area contributed by atoms with Crippen LogP contribution in [0.25, 0.3) is 5.76 Å². The van der Waals surface area contributed by atoms with Crippen molar-refractivity contribution in [2.45, 2.75) is 39.3 Å². The number of pyridine rings is 1. The highest BCUT2D eigenvalue weighted by molar-refractivity contribution is 6.46. The minimum absolute atomic E-state index is 0.0941. The lowest BCUT2D eigenvalue weighted by atomic mass is 9.96. The van der Waals surface area contributed by atoms with Crippen LogP contribution in [0.4, 0.5) is 0 Å². The summed E-state index contributed by atoms with van der Waals surface area (Å²) in [7, 11) is 0. The van der Waals surface area contributed by atoms with E-state index in [0.717, 1.165) is 5.56 Å². The van der Waals surface area contributed by atoms with Crippen LogP contribution in [0.1, 0.15) is 43.0 Å². The van der Waals surface area contributed by atoms with E-state index in [2.05, 4.69) is 4.98 Å². The van der Waals surface area contributed by atoms with E-state index >= 15 is 0 Å². The van der Waals surface area contributed by atoms with Crippen LogP contribution in [0.3, 0.4) is 0 Å². The largest absolute Gasteiger partial charge is 0.507 e. The number of aliphatic hydroxyl groups is 1. The molecule has 1 aromatic carbocycles. The summed E-state index contributed by atoms with van der Waals surface area (Å²) in [6.45, 7) is 6.67. The Hall–Kier alpha value is -2.99. The number of hydrogen-bond acceptors (Lipinski definition) is 5. The highest BCUT2D eigenvalue weighted by Crippen LogP contribution is 2.39. The van der Waals surface area contributed by atoms with Crippen LogP contribution < -0.4 is 0 Å². The predicted molar refractivity (Wildman–Crippen MR) is 110 cm³/mol. The molecule has 1 saturated heterocycles. The molecule has 3 rings (SSSR count). The van der Waals surface area contributed by atoms with Crippen LogP contribution in [0.2, 0.25) is 0 Å². The molecule has 2 heterocycles. The van der Waals surface area contributed by atoms with Crippen molar-refractivity contribution in [1.29, 1.82) is 0 Å². The number of ether oxygens (including phenoxy) is 1. The van der Waals surface area contributed by atoms with Gasteiger partial charge in [0.25, 0.3) is 11.7 Å². The molecule has 1 aliphatic heterocycles. The Morgan fingerprint density at radius 1 is 1.21 bits per heavy atom. The molecule has 0 radical (unpaired) electrons. The number of benzene rings is 1. The summed E-state index contributed by atoms with van der Waals surface area (Å²) < 4.78 is 5.56. The second kappa shape index (κ2) is 9.01. The minimum atomic E-state index is -0.679.